The number of carbonyl (C=O) groups is 1. The zero-order valence-electron chi connectivity index (χ0n) is 10.9. The molecule has 1 fully saturated rings. The molecule has 1 saturated heterocycles. The molecule has 1 aliphatic rings. The van der Waals surface area contributed by atoms with Gasteiger partial charge in [0.05, 0.1) is 0 Å². The predicted molar refractivity (Wildman–Crippen MR) is 72.1 cm³/mol. The largest absolute Gasteiger partial charge is 0.504 e. The second-order valence-electron chi connectivity index (χ2n) is 4.93. The van der Waals surface area contributed by atoms with Crippen molar-refractivity contribution in [3.8, 4) is 11.5 Å². The number of phenolic OH excluding ortho intramolecular Hbond substituents is 2. The fourth-order valence-electron chi connectivity index (χ4n) is 2.58. The van der Waals surface area contributed by atoms with E-state index in [2.05, 4.69) is 0 Å². The maximum atomic E-state index is 12.4. The summed E-state index contributed by atoms with van der Waals surface area (Å²) < 4.78 is 0. The van der Waals surface area contributed by atoms with Gasteiger partial charge >= 0.3 is 0 Å². The number of aromatic hydroxyl groups is 2. The average molecular weight is 264 g/mol. The Morgan fingerprint density at radius 1 is 1.32 bits per heavy atom. The molecule has 1 atom stereocenters. The van der Waals surface area contributed by atoms with Crippen LogP contribution in [0.1, 0.15) is 36.0 Å². The SMILES string of the molecule is NCCC1CCCCN1C(=O)c1ccc(O)c(O)c1. The van der Waals surface area contributed by atoms with E-state index < -0.39 is 0 Å². The van der Waals surface area contributed by atoms with Crippen molar-refractivity contribution in [3.63, 3.8) is 0 Å². The van der Waals surface area contributed by atoms with Crippen LogP contribution in [0.15, 0.2) is 18.2 Å². The maximum Gasteiger partial charge on any atom is 0.254 e. The molecule has 2 rings (SSSR count). The Balaban J connectivity index is 2.18. The van der Waals surface area contributed by atoms with Crippen LogP contribution in [0.4, 0.5) is 0 Å². The zero-order valence-corrected chi connectivity index (χ0v) is 10.9. The number of hydrogen-bond donors (Lipinski definition) is 3. The van der Waals surface area contributed by atoms with Crippen LogP contribution in [0.25, 0.3) is 0 Å². The van der Waals surface area contributed by atoms with Gasteiger partial charge in [-0.1, -0.05) is 0 Å². The lowest BCUT2D eigenvalue weighted by Crippen LogP contribution is -2.44. The Labute approximate surface area is 112 Å². The molecule has 1 aromatic rings. The number of carbonyl (C=O) groups excluding carboxylic acids is 1. The summed E-state index contributed by atoms with van der Waals surface area (Å²) in [5.41, 5.74) is 6.00. The number of likely N-dealkylation sites (tertiary alicyclic amines) is 1. The molecule has 1 aromatic carbocycles. The van der Waals surface area contributed by atoms with E-state index in [0.29, 0.717) is 12.1 Å². The molecule has 1 aliphatic heterocycles. The molecule has 19 heavy (non-hydrogen) atoms. The van der Waals surface area contributed by atoms with Crippen LogP contribution in [0.3, 0.4) is 0 Å². The Bertz CT molecular complexity index is 460. The van der Waals surface area contributed by atoms with Crippen LogP contribution in [0, 0.1) is 0 Å². The minimum absolute atomic E-state index is 0.103. The van der Waals surface area contributed by atoms with E-state index in [1.165, 1.54) is 18.2 Å². The van der Waals surface area contributed by atoms with Gasteiger partial charge in [-0.15, -0.1) is 0 Å². The molecule has 1 amide bonds. The summed E-state index contributed by atoms with van der Waals surface area (Å²) in [7, 11) is 0. The second kappa shape index (κ2) is 5.93. The topological polar surface area (TPSA) is 86.8 Å². The molecule has 0 aliphatic carbocycles. The molecule has 1 unspecified atom stereocenters. The molecule has 5 nitrogen and oxygen atoms in total. The van der Waals surface area contributed by atoms with Crippen LogP contribution in [0.5, 0.6) is 11.5 Å². The normalized spacial score (nSPS) is 19.4. The highest BCUT2D eigenvalue weighted by atomic mass is 16.3. The Morgan fingerprint density at radius 3 is 2.79 bits per heavy atom. The molecule has 4 N–H and O–H groups in total. The number of phenols is 2. The number of benzene rings is 1. The number of piperidine rings is 1. The van der Waals surface area contributed by atoms with Gasteiger partial charge in [0.25, 0.3) is 5.91 Å². The first-order valence-corrected chi connectivity index (χ1v) is 6.66. The van der Waals surface area contributed by atoms with E-state index in [1.807, 2.05) is 4.90 Å². The summed E-state index contributed by atoms with van der Waals surface area (Å²) in [6, 6.07) is 4.36. The molecular weight excluding hydrogens is 244 g/mol. The number of amides is 1. The number of nitrogens with zero attached hydrogens (tertiary/aromatic N) is 1. The minimum Gasteiger partial charge on any atom is -0.504 e. The highest BCUT2D eigenvalue weighted by Crippen LogP contribution is 2.27. The summed E-state index contributed by atoms with van der Waals surface area (Å²) in [4.78, 5) is 14.3. The average Bonchev–Trinajstić information content (AvgIpc) is 2.42. The van der Waals surface area contributed by atoms with Gasteiger partial charge in [0.1, 0.15) is 0 Å². The third-order valence-corrected chi connectivity index (χ3v) is 3.61. The molecular formula is C14H20N2O3. The molecule has 1 heterocycles. The van der Waals surface area contributed by atoms with Crippen LogP contribution >= 0.6 is 0 Å². The number of hydrogen-bond acceptors (Lipinski definition) is 4. The van der Waals surface area contributed by atoms with Crippen molar-refractivity contribution in [2.24, 2.45) is 5.73 Å². The molecule has 0 saturated carbocycles. The quantitative estimate of drug-likeness (QED) is 0.721. The van der Waals surface area contributed by atoms with Gasteiger partial charge < -0.3 is 20.8 Å². The number of rotatable bonds is 3. The smallest absolute Gasteiger partial charge is 0.254 e. The summed E-state index contributed by atoms with van der Waals surface area (Å²) in [5, 5.41) is 18.8. The summed E-state index contributed by atoms with van der Waals surface area (Å²) >= 11 is 0. The number of nitrogens with two attached hydrogens (primary N) is 1. The van der Waals surface area contributed by atoms with Gasteiger partial charge in [-0.05, 0) is 50.4 Å². The van der Waals surface area contributed by atoms with E-state index in [4.69, 9.17) is 5.73 Å². The third kappa shape index (κ3) is 2.98. The van der Waals surface area contributed by atoms with Crippen molar-refractivity contribution < 1.29 is 15.0 Å². The monoisotopic (exact) mass is 264 g/mol. The van der Waals surface area contributed by atoms with Gasteiger partial charge in [0.15, 0.2) is 11.5 Å². The fraction of sp³-hybridized carbons (Fsp3) is 0.500. The van der Waals surface area contributed by atoms with Crippen LogP contribution in [-0.2, 0) is 0 Å². The van der Waals surface area contributed by atoms with E-state index >= 15 is 0 Å². The van der Waals surface area contributed by atoms with Gasteiger partial charge in [-0.3, -0.25) is 4.79 Å². The fourth-order valence-corrected chi connectivity index (χ4v) is 2.58. The van der Waals surface area contributed by atoms with Gasteiger partial charge in [-0.2, -0.15) is 0 Å². The van der Waals surface area contributed by atoms with E-state index in [1.54, 1.807) is 0 Å². The molecule has 0 aromatic heterocycles. The molecule has 0 bridgehead atoms. The van der Waals surface area contributed by atoms with Crippen LogP contribution in [-0.4, -0.2) is 40.2 Å². The highest BCUT2D eigenvalue weighted by Gasteiger charge is 2.27. The highest BCUT2D eigenvalue weighted by molar-refractivity contribution is 5.95. The molecule has 0 radical (unpaired) electrons. The van der Waals surface area contributed by atoms with Crippen LogP contribution in [0.2, 0.25) is 0 Å². The first kappa shape index (κ1) is 13.7. The van der Waals surface area contributed by atoms with Crippen molar-refractivity contribution in [1.29, 1.82) is 0 Å². The Kier molecular flexibility index (Phi) is 4.27. The molecule has 104 valence electrons. The first-order valence-electron chi connectivity index (χ1n) is 6.66. The Hall–Kier alpha value is -1.75. The lowest BCUT2D eigenvalue weighted by Gasteiger charge is -2.35. The van der Waals surface area contributed by atoms with Crippen molar-refractivity contribution >= 4 is 5.91 Å². The summed E-state index contributed by atoms with van der Waals surface area (Å²) in [6.07, 6.45) is 3.90. The zero-order chi connectivity index (χ0) is 13.8. The summed E-state index contributed by atoms with van der Waals surface area (Å²) in [5.74, 6) is -0.583. The molecule has 0 spiro atoms. The van der Waals surface area contributed by atoms with Gasteiger partial charge in [0.2, 0.25) is 0 Å². The Morgan fingerprint density at radius 2 is 2.11 bits per heavy atom. The van der Waals surface area contributed by atoms with E-state index in [0.717, 1.165) is 32.2 Å². The minimum atomic E-state index is -0.266. The standard InChI is InChI=1S/C14H20N2O3/c15-7-6-11-3-1-2-8-16(11)14(19)10-4-5-12(17)13(18)9-10/h4-5,9,11,17-18H,1-3,6-8,15H2. The van der Waals surface area contributed by atoms with Crippen molar-refractivity contribution in [3.05, 3.63) is 23.8 Å². The first-order chi connectivity index (χ1) is 9.13. The van der Waals surface area contributed by atoms with Gasteiger partial charge in [0, 0.05) is 18.2 Å². The van der Waals surface area contributed by atoms with Crippen molar-refractivity contribution in [2.75, 3.05) is 13.1 Å². The second-order valence-corrected chi connectivity index (χ2v) is 4.93. The molecule has 5 heteroatoms. The summed E-state index contributed by atoms with van der Waals surface area (Å²) in [6.45, 7) is 1.29. The maximum absolute atomic E-state index is 12.4. The lowest BCUT2D eigenvalue weighted by molar-refractivity contribution is 0.0604. The van der Waals surface area contributed by atoms with E-state index in [-0.39, 0.29) is 23.4 Å². The van der Waals surface area contributed by atoms with Crippen molar-refractivity contribution in [2.45, 2.75) is 31.7 Å². The van der Waals surface area contributed by atoms with E-state index in [9.17, 15) is 15.0 Å². The predicted octanol–water partition coefficient (Wildman–Crippen LogP) is 1.44. The van der Waals surface area contributed by atoms with Gasteiger partial charge in [-0.25, -0.2) is 0 Å². The lowest BCUT2D eigenvalue weighted by atomic mass is 9.98. The van der Waals surface area contributed by atoms with Crippen molar-refractivity contribution in [1.82, 2.24) is 4.90 Å². The van der Waals surface area contributed by atoms with Crippen LogP contribution < -0.4 is 5.73 Å². The third-order valence-electron chi connectivity index (χ3n) is 3.61.